The molecule has 1 aliphatic carbocycles. The average Bonchev–Trinajstić information content (AvgIpc) is 3.23. The smallest absolute Gasteiger partial charge is 0.240 e. The van der Waals surface area contributed by atoms with E-state index in [1.54, 1.807) is 6.33 Å². The van der Waals surface area contributed by atoms with E-state index in [0.29, 0.717) is 50.0 Å². The van der Waals surface area contributed by atoms with Gasteiger partial charge in [0.25, 0.3) is 0 Å². The van der Waals surface area contributed by atoms with Gasteiger partial charge in [-0.05, 0) is 68.2 Å². The van der Waals surface area contributed by atoms with Gasteiger partial charge in [-0.2, -0.15) is 0 Å². The molecule has 0 saturated carbocycles. The maximum Gasteiger partial charge on any atom is 0.240 e. The highest BCUT2D eigenvalue weighted by molar-refractivity contribution is 6.30. The molecule has 2 saturated heterocycles. The molecule has 1 unspecified atom stereocenters. The number of piperazine rings is 1. The van der Waals surface area contributed by atoms with Crippen LogP contribution in [0.4, 0.5) is 5.82 Å². The second-order valence-electron chi connectivity index (χ2n) is 10.6. The quantitative estimate of drug-likeness (QED) is 0.544. The lowest BCUT2D eigenvalue weighted by Gasteiger charge is -2.38. The van der Waals surface area contributed by atoms with Crippen LogP contribution in [0.2, 0.25) is 5.02 Å². The van der Waals surface area contributed by atoms with E-state index in [2.05, 4.69) is 27.1 Å². The summed E-state index contributed by atoms with van der Waals surface area (Å²) < 4.78 is 5.49. The van der Waals surface area contributed by atoms with Crippen LogP contribution in [0.25, 0.3) is 0 Å². The van der Waals surface area contributed by atoms with Crippen LogP contribution in [0.1, 0.15) is 61.4 Å². The molecule has 2 aliphatic heterocycles. The molecule has 1 aromatic carbocycles. The molecule has 5 rings (SSSR count). The van der Waals surface area contributed by atoms with Crippen molar-refractivity contribution in [3.8, 4) is 0 Å². The van der Waals surface area contributed by atoms with Crippen LogP contribution >= 0.6 is 11.6 Å². The molecule has 200 valence electrons. The molecule has 9 heteroatoms. The maximum absolute atomic E-state index is 13.7. The zero-order chi connectivity index (χ0) is 25.8. The Morgan fingerprint density at radius 1 is 1.16 bits per heavy atom. The van der Waals surface area contributed by atoms with Gasteiger partial charge in [-0.1, -0.05) is 30.7 Å². The first kappa shape index (κ1) is 26.4. The SMILES string of the molecule is C[C@@H]1C[C@@H](O)c2ncnc(N3CCN(C(=O)C(Cc4ccc(Cl)cc4)NCCC4CCOCC4)CC3)c21. The van der Waals surface area contributed by atoms with Gasteiger partial charge in [0, 0.05) is 50.0 Å². The summed E-state index contributed by atoms with van der Waals surface area (Å²) in [6.07, 6.45) is 5.62. The molecule has 2 aromatic rings. The number of amides is 1. The molecule has 0 spiro atoms. The van der Waals surface area contributed by atoms with E-state index in [0.717, 1.165) is 61.7 Å². The second kappa shape index (κ2) is 12.1. The maximum atomic E-state index is 13.7. The Balaban J connectivity index is 1.22. The van der Waals surface area contributed by atoms with Crippen molar-refractivity contribution in [1.29, 1.82) is 0 Å². The van der Waals surface area contributed by atoms with E-state index in [9.17, 15) is 9.90 Å². The van der Waals surface area contributed by atoms with Crippen LogP contribution in [0, 0.1) is 5.92 Å². The summed E-state index contributed by atoms with van der Waals surface area (Å²) in [6.45, 7) is 7.35. The van der Waals surface area contributed by atoms with E-state index < -0.39 is 6.10 Å². The molecule has 3 atom stereocenters. The van der Waals surface area contributed by atoms with Crippen LogP contribution in [0.3, 0.4) is 0 Å². The van der Waals surface area contributed by atoms with Crippen LogP contribution in [-0.2, 0) is 16.0 Å². The molecule has 8 nitrogen and oxygen atoms in total. The number of carbonyl (C=O) groups is 1. The summed E-state index contributed by atoms with van der Waals surface area (Å²) >= 11 is 6.09. The molecular weight excluding hydrogens is 490 g/mol. The monoisotopic (exact) mass is 527 g/mol. The normalized spacial score (nSPS) is 23.2. The molecule has 2 fully saturated rings. The molecule has 3 heterocycles. The van der Waals surface area contributed by atoms with Crippen LogP contribution < -0.4 is 10.2 Å². The third-order valence-corrected chi connectivity index (χ3v) is 8.36. The van der Waals surface area contributed by atoms with Crippen molar-refractivity contribution in [2.45, 2.75) is 57.1 Å². The Morgan fingerprint density at radius 2 is 1.89 bits per heavy atom. The third-order valence-electron chi connectivity index (χ3n) is 8.11. The molecule has 1 amide bonds. The predicted molar refractivity (Wildman–Crippen MR) is 144 cm³/mol. The standard InChI is InChI=1S/C28H38ClN5O3/c1-19-16-24(35)26-25(19)27(32-18-31-26)33-10-12-34(13-11-33)28(36)23(17-21-2-4-22(29)5-3-21)30-9-6-20-7-14-37-15-8-20/h2-5,18-20,23-24,30,35H,6-17H2,1H3/t19-,23?,24-/m1/s1. The summed E-state index contributed by atoms with van der Waals surface area (Å²) in [5.41, 5.74) is 2.92. The number of ether oxygens (including phenoxy) is 1. The molecule has 3 aliphatic rings. The van der Waals surface area contributed by atoms with Gasteiger partial charge >= 0.3 is 0 Å². The summed E-state index contributed by atoms with van der Waals surface area (Å²) in [5.74, 6) is 1.95. The fourth-order valence-electron chi connectivity index (χ4n) is 5.91. The fraction of sp³-hybridized carbons (Fsp3) is 0.607. The van der Waals surface area contributed by atoms with Crippen LogP contribution in [0.5, 0.6) is 0 Å². The summed E-state index contributed by atoms with van der Waals surface area (Å²) in [7, 11) is 0. The molecular formula is C28H38ClN5O3. The number of fused-ring (bicyclic) bond motifs is 1. The second-order valence-corrected chi connectivity index (χ2v) is 11.1. The van der Waals surface area contributed by atoms with Crippen molar-refractivity contribution in [2.75, 3.05) is 50.8 Å². The number of aliphatic hydroxyl groups excluding tert-OH is 1. The van der Waals surface area contributed by atoms with Crippen molar-refractivity contribution in [3.63, 3.8) is 0 Å². The van der Waals surface area contributed by atoms with Crippen molar-refractivity contribution in [2.24, 2.45) is 5.92 Å². The van der Waals surface area contributed by atoms with Gasteiger partial charge in [-0.15, -0.1) is 0 Å². The van der Waals surface area contributed by atoms with E-state index in [1.165, 1.54) is 0 Å². The Bertz CT molecular complexity index is 1050. The molecule has 0 radical (unpaired) electrons. The third kappa shape index (κ3) is 6.25. The first-order valence-electron chi connectivity index (χ1n) is 13.6. The highest BCUT2D eigenvalue weighted by Gasteiger charge is 2.34. The minimum atomic E-state index is -0.518. The highest BCUT2D eigenvalue weighted by Crippen LogP contribution is 2.42. The lowest BCUT2D eigenvalue weighted by Crippen LogP contribution is -2.55. The summed E-state index contributed by atoms with van der Waals surface area (Å²) in [5, 5.41) is 14.6. The summed E-state index contributed by atoms with van der Waals surface area (Å²) in [4.78, 5) is 26.9. The lowest BCUT2D eigenvalue weighted by molar-refractivity contribution is -0.133. The Morgan fingerprint density at radius 3 is 2.62 bits per heavy atom. The molecule has 2 N–H and O–H groups in total. The van der Waals surface area contributed by atoms with Crippen molar-refractivity contribution in [1.82, 2.24) is 20.2 Å². The van der Waals surface area contributed by atoms with Gasteiger partial charge in [0.15, 0.2) is 0 Å². The summed E-state index contributed by atoms with van der Waals surface area (Å²) in [6, 6.07) is 7.51. The average molecular weight is 528 g/mol. The van der Waals surface area contributed by atoms with Gasteiger partial charge < -0.3 is 25.0 Å². The molecule has 0 bridgehead atoms. The number of benzene rings is 1. The highest BCUT2D eigenvalue weighted by atomic mass is 35.5. The zero-order valence-electron chi connectivity index (χ0n) is 21.6. The van der Waals surface area contributed by atoms with E-state index in [1.807, 2.05) is 29.2 Å². The van der Waals surface area contributed by atoms with Crippen LogP contribution in [0.15, 0.2) is 30.6 Å². The number of carbonyl (C=O) groups excluding carboxylic acids is 1. The van der Waals surface area contributed by atoms with Crippen molar-refractivity contribution < 1.29 is 14.6 Å². The Hall–Kier alpha value is -2.26. The Labute approximate surface area is 224 Å². The van der Waals surface area contributed by atoms with Gasteiger partial charge in [0.05, 0.1) is 17.8 Å². The molecule has 1 aromatic heterocycles. The van der Waals surface area contributed by atoms with E-state index in [-0.39, 0.29) is 17.9 Å². The van der Waals surface area contributed by atoms with Gasteiger partial charge in [0.1, 0.15) is 12.1 Å². The number of nitrogens with zero attached hydrogens (tertiary/aromatic N) is 4. The lowest BCUT2D eigenvalue weighted by atomic mass is 9.96. The molecule has 37 heavy (non-hydrogen) atoms. The van der Waals surface area contributed by atoms with Gasteiger partial charge in [0.2, 0.25) is 5.91 Å². The number of halogens is 1. The van der Waals surface area contributed by atoms with Gasteiger partial charge in [-0.25, -0.2) is 9.97 Å². The number of anilines is 1. The number of hydrogen-bond acceptors (Lipinski definition) is 7. The number of aromatic nitrogens is 2. The van der Waals surface area contributed by atoms with Crippen molar-refractivity contribution in [3.05, 3.63) is 52.4 Å². The van der Waals surface area contributed by atoms with Crippen LogP contribution in [-0.4, -0.2) is 77.9 Å². The Kier molecular flexibility index (Phi) is 8.60. The minimum absolute atomic E-state index is 0.151. The fourth-order valence-corrected chi connectivity index (χ4v) is 6.04. The van der Waals surface area contributed by atoms with Gasteiger partial charge in [-0.3, -0.25) is 4.79 Å². The first-order chi connectivity index (χ1) is 18.0. The first-order valence-corrected chi connectivity index (χ1v) is 14.0. The predicted octanol–water partition coefficient (Wildman–Crippen LogP) is 3.34. The largest absolute Gasteiger partial charge is 0.387 e. The topological polar surface area (TPSA) is 90.8 Å². The minimum Gasteiger partial charge on any atom is -0.387 e. The van der Waals surface area contributed by atoms with E-state index in [4.69, 9.17) is 16.3 Å². The zero-order valence-corrected chi connectivity index (χ0v) is 22.4. The number of hydrogen-bond donors (Lipinski definition) is 2. The van der Waals surface area contributed by atoms with Crippen molar-refractivity contribution >= 4 is 23.3 Å². The van der Waals surface area contributed by atoms with E-state index >= 15 is 0 Å². The number of aliphatic hydroxyl groups is 1. The number of nitrogens with one attached hydrogen (secondary N) is 1. The number of rotatable bonds is 8.